The quantitative estimate of drug-likeness (QED) is 0.545. The Balaban J connectivity index is 1.87. The lowest BCUT2D eigenvalue weighted by atomic mass is 10.2. The molecule has 5 nitrogen and oxygen atoms in total. The van der Waals surface area contributed by atoms with E-state index in [1.165, 1.54) is 11.8 Å². The topological polar surface area (TPSA) is 59.8 Å². The largest absolute Gasteiger partial charge is 0.353 e. The van der Waals surface area contributed by atoms with Gasteiger partial charge >= 0.3 is 0 Å². The van der Waals surface area contributed by atoms with Gasteiger partial charge < -0.3 is 5.32 Å². The highest BCUT2D eigenvalue weighted by molar-refractivity contribution is 7.99. The van der Waals surface area contributed by atoms with Gasteiger partial charge in [-0.05, 0) is 31.0 Å². The number of nitrogens with zero attached hydrogens (tertiary/aromatic N) is 3. The Labute approximate surface area is 174 Å². The summed E-state index contributed by atoms with van der Waals surface area (Å²) in [5, 5.41) is 13.0. The number of rotatable bonds is 8. The minimum Gasteiger partial charge on any atom is -0.353 e. The van der Waals surface area contributed by atoms with Gasteiger partial charge in [-0.3, -0.25) is 9.36 Å². The van der Waals surface area contributed by atoms with Gasteiger partial charge in [-0.15, -0.1) is 10.2 Å². The number of nitrogens with one attached hydrogen (secondary N) is 1. The molecule has 0 bridgehead atoms. The van der Waals surface area contributed by atoms with Gasteiger partial charge in [-0.2, -0.15) is 0 Å². The van der Waals surface area contributed by atoms with Crippen molar-refractivity contribution in [1.29, 1.82) is 0 Å². The summed E-state index contributed by atoms with van der Waals surface area (Å²) in [6.07, 6.45) is 0.900. The van der Waals surface area contributed by atoms with Crippen LogP contribution >= 0.6 is 23.4 Å². The normalized spacial score (nSPS) is 12.0. The molecule has 2 aromatic carbocycles. The van der Waals surface area contributed by atoms with Crippen molar-refractivity contribution in [3.8, 4) is 11.4 Å². The first kappa shape index (κ1) is 20.4. The molecule has 0 radical (unpaired) electrons. The monoisotopic (exact) mass is 414 g/mol. The van der Waals surface area contributed by atoms with Crippen molar-refractivity contribution >= 4 is 29.3 Å². The van der Waals surface area contributed by atoms with Crippen molar-refractivity contribution in [2.75, 3.05) is 5.75 Å². The van der Waals surface area contributed by atoms with Crippen molar-refractivity contribution < 1.29 is 4.79 Å². The number of aromatic nitrogens is 3. The van der Waals surface area contributed by atoms with Crippen LogP contribution in [0, 0.1) is 0 Å². The Morgan fingerprint density at radius 2 is 1.86 bits per heavy atom. The summed E-state index contributed by atoms with van der Waals surface area (Å²) in [4.78, 5) is 12.2. The zero-order valence-corrected chi connectivity index (χ0v) is 17.5. The highest BCUT2D eigenvalue weighted by Gasteiger charge is 2.18. The lowest BCUT2D eigenvalue weighted by Gasteiger charge is -2.13. The predicted molar refractivity (Wildman–Crippen MR) is 115 cm³/mol. The summed E-state index contributed by atoms with van der Waals surface area (Å²) >= 11 is 7.77. The van der Waals surface area contributed by atoms with Gasteiger partial charge in [0.2, 0.25) is 5.91 Å². The highest BCUT2D eigenvalue weighted by Crippen LogP contribution is 2.29. The smallest absolute Gasteiger partial charge is 0.230 e. The SMILES string of the molecule is CCC(C)NC(=O)CSc1nnc(-c2ccccc2Cl)n1Cc1ccccc1. The number of benzene rings is 2. The van der Waals surface area contributed by atoms with Crippen LogP contribution in [0.1, 0.15) is 25.8 Å². The molecule has 146 valence electrons. The molecule has 1 heterocycles. The van der Waals surface area contributed by atoms with Gasteiger partial charge in [0, 0.05) is 11.6 Å². The Kier molecular flexibility index (Phi) is 7.12. The third-order valence-corrected chi connectivity index (χ3v) is 5.66. The van der Waals surface area contributed by atoms with Crippen LogP contribution in [0.5, 0.6) is 0 Å². The van der Waals surface area contributed by atoms with Crippen LogP contribution in [-0.4, -0.2) is 32.5 Å². The van der Waals surface area contributed by atoms with E-state index in [9.17, 15) is 4.79 Å². The van der Waals surface area contributed by atoms with Gasteiger partial charge in [0.15, 0.2) is 11.0 Å². The van der Waals surface area contributed by atoms with E-state index in [0.717, 1.165) is 17.5 Å². The standard InChI is InChI=1S/C21H23ClN4OS/c1-3-15(2)23-19(27)14-28-21-25-24-20(17-11-7-8-12-18(17)22)26(21)13-16-9-5-4-6-10-16/h4-12,15H,3,13-14H2,1-2H3,(H,23,27). The molecule has 0 saturated heterocycles. The number of thioether (sulfide) groups is 1. The third-order valence-electron chi connectivity index (χ3n) is 4.37. The van der Waals surface area contributed by atoms with Crippen molar-refractivity contribution in [2.45, 2.75) is 38.0 Å². The second-order valence-corrected chi connectivity index (χ2v) is 7.87. The van der Waals surface area contributed by atoms with Crippen LogP contribution < -0.4 is 5.32 Å². The van der Waals surface area contributed by atoms with Gasteiger partial charge in [-0.25, -0.2) is 0 Å². The van der Waals surface area contributed by atoms with Crippen molar-refractivity contribution in [2.24, 2.45) is 0 Å². The van der Waals surface area contributed by atoms with Crippen LogP contribution in [-0.2, 0) is 11.3 Å². The first-order valence-electron chi connectivity index (χ1n) is 9.22. The predicted octanol–water partition coefficient (Wildman–Crippen LogP) is 4.65. The summed E-state index contributed by atoms with van der Waals surface area (Å²) < 4.78 is 2.01. The number of hydrogen-bond acceptors (Lipinski definition) is 4. The summed E-state index contributed by atoms with van der Waals surface area (Å²) in [5.74, 6) is 0.979. The second-order valence-electron chi connectivity index (χ2n) is 6.52. The fraction of sp³-hybridized carbons (Fsp3) is 0.286. The van der Waals surface area contributed by atoms with Crippen molar-refractivity contribution in [3.63, 3.8) is 0 Å². The van der Waals surface area contributed by atoms with Crippen LogP contribution in [0.4, 0.5) is 0 Å². The van der Waals surface area contributed by atoms with E-state index in [1.54, 1.807) is 0 Å². The number of carbonyl (C=O) groups excluding carboxylic acids is 1. The molecular weight excluding hydrogens is 392 g/mol. The molecule has 7 heteroatoms. The highest BCUT2D eigenvalue weighted by atomic mass is 35.5. The van der Waals surface area contributed by atoms with Crippen LogP contribution in [0.2, 0.25) is 5.02 Å². The Hall–Kier alpha value is -2.31. The molecule has 0 spiro atoms. The van der Waals surface area contributed by atoms with E-state index in [1.807, 2.05) is 60.9 Å². The number of hydrogen-bond donors (Lipinski definition) is 1. The maximum atomic E-state index is 12.2. The van der Waals surface area contributed by atoms with Gasteiger partial charge in [0.05, 0.1) is 17.3 Å². The molecule has 0 fully saturated rings. The van der Waals surface area contributed by atoms with E-state index >= 15 is 0 Å². The maximum absolute atomic E-state index is 12.2. The van der Waals surface area contributed by atoms with Gasteiger partial charge in [-0.1, -0.05) is 72.8 Å². The first-order valence-corrected chi connectivity index (χ1v) is 10.6. The zero-order valence-electron chi connectivity index (χ0n) is 15.9. The van der Waals surface area contributed by atoms with Crippen molar-refractivity contribution in [1.82, 2.24) is 20.1 Å². The summed E-state index contributed by atoms with van der Waals surface area (Å²) in [7, 11) is 0. The van der Waals surface area contributed by atoms with Crippen LogP contribution in [0.3, 0.4) is 0 Å². The van der Waals surface area contributed by atoms with E-state index in [2.05, 4.69) is 27.6 Å². The van der Waals surface area contributed by atoms with Crippen molar-refractivity contribution in [3.05, 3.63) is 65.2 Å². The zero-order chi connectivity index (χ0) is 19.9. The third kappa shape index (κ3) is 5.14. The van der Waals surface area contributed by atoms with E-state index in [0.29, 0.717) is 28.3 Å². The molecular formula is C21H23ClN4OS. The lowest BCUT2D eigenvalue weighted by Crippen LogP contribution is -2.33. The summed E-state index contributed by atoms with van der Waals surface area (Å²) in [6.45, 7) is 4.64. The number of amides is 1. The van der Waals surface area contributed by atoms with E-state index in [4.69, 9.17) is 11.6 Å². The fourth-order valence-corrected chi connectivity index (χ4v) is 3.66. The lowest BCUT2D eigenvalue weighted by molar-refractivity contribution is -0.119. The summed E-state index contributed by atoms with van der Waals surface area (Å²) in [5.41, 5.74) is 1.95. The minimum absolute atomic E-state index is 0.00657. The Bertz CT molecular complexity index is 929. The molecule has 3 rings (SSSR count). The minimum atomic E-state index is -0.00657. The molecule has 0 aliphatic rings. The average Bonchev–Trinajstić information content (AvgIpc) is 3.09. The molecule has 0 aliphatic carbocycles. The van der Waals surface area contributed by atoms with Gasteiger partial charge in [0.25, 0.3) is 0 Å². The first-order chi connectivity index (χ1) is 13.6. The van der Waals surface area contributed by atoms with Crippen LogP contribution in [0.15, 0.2) is 59.8 Å². The second kappa shape index (κ2) is 9.75. The van der Waals surface area contributed by atoms with E-state index in [-0.39, 0.29) is 11.9 Å². The summed E-state index contributed by atoms with van der Waals surface area (Å²) in [6, 6.07) is 17.8. The molecule has 0 saturated carbocycles. The molecule has 3 aromatic rings. The Morgan fingerprint density at radius 1 is 1.14 bits per heavy atom. The van der Waals surface area contributed by atoms with Gasteiger partial charge in [0.1, 0.15) is 0 Å². The van der Waals surface area contributed by atoms with E-state index < -0.39 is 0 Å². The molecule has 1 atom stereocenters. The molecule has 1 amide bonds. The molecule has 0 aliphatic heterocycles. The number of carbonyl (C=O) groups is 1. The van der Waals surface area contributed by atoms with Crippen LogP contribution in [0.25, 0.3) is 11.4 Å². The molecule has 1 N–H and O–H groups in total. The molecule has 1 unspecified atom stereocenters. The maximum Gasteiger partial charge on any atom is 0.230 e. The Morgan fingerprint density at radius 3 is 2.57 bits per heavy atom. The fourth-order valence-electron chi connectivity index (χ4n) is 2.69. The molecule has 28 heavy (non-hydrogen) atoms. The number of halogens is 1. The average molecular weight is 415 g/mol. The molecule has 1 aromatic heterocycles.